The van der Waals surface area contributed by atoms with Crippen molar-refractivity contribution in [2.24, 2.45) is 11.8 Å². The summed E-state index contributed by atoms with van der Waals surface area (Å²) >= 11 is 0. The second kappa shape index (κ2) is 9.51. The van der Waals surface area contributed by atoms with Gasteiger partial charge in [0.05, 0.1) is 24.4 Å². The van der Waals surface area contributed by atoms with Crippen molar-refractivity contribution in [2.45, 2.75) is 33.1 Å². The molecule has 0 saturated carbocycles. The number of rotatable bonds is 5. The molecule has 1 aromatic carbocycles. The number of ether oxygens (including phenoxy) is 1. The molecule has 2 unspecified atom stereocenters. The van der Waals surface area contributed by atoms with Crippen LogP contribution in [-0.4, -0.2) is 36.9 Å². The fourth-order valence-corrected chi connectivity index (χ4v) is 2.88. The molecule has 6 nitrogen and oxygen atoms in total. The molecule has 2 atom stereocenters. The molecule has 0 aliphatic carbocycles. The minimum absolute atomic E-state index is 0. The van der Waals surface area contributed by atoms with E-state index >= 15 is 0 Å². The highest BCUT2D eigenvalue weighted by Crippen LogP contribution is 2.26. The molecule has 0 radical (unpaired) electrons. The zero-order valence-electron chi connectivity index (χ0n) is 15.1. The van der Waals surface area contributed by atoms with Crippen LogP contribution in [0.2, 0.25) is 0 Å². The summed E-state index contributed by atoms with van der Waals surface area (Å²) in [6, 6.07) is 5.16. The van der Waals surface area contributed by atoms with Crippen LogP contribution in [0.3, 0.4) is 0 Å². The summed E-state index contributed by atoms with van der Waals surface area (Å²) < 4.78 is 5.16. The maximum Gasteiger partial charge on any atom is 0.229 e. The van der Waals surface area contributed by atoms with E-state index in [-0.39, 0.29) is 36.1 Å². The van der Waals surface area contributed by atoms with Gasteiger partial charge in [0.25, 0.3) is 0 Å². The number of nitrogens with one attached hydrogen (secondary N) is 1. The molecule has 25 heavy (non-hydrogen) atoms. The van der Waals surface area contributed by atoms with E-state index in [2.05, 4.69) is 5.32 Å². The van der Waals surface area contributed by atoms with Gasteiger partial charge in [-0.1, -0.05) is 13.8 Å². The van der Waals surface area contributed by atoms with Crippen molar-refractivity contribution in [3.05, 3.63) is 18.2 Å². The van der Waals surface area contributed by atoms with Crippen LogP contribution in [0.1, 0.15) is 33.1 Å². The van der Waals surface area contributed by atoms with Crippen LogP contribution in [-0.2, 0) is 9.59 Å². The number of piperidine rings is 1. The molecule has 140 valence electrons. The number of hydrogen-bond donors (Lipinski definition) is 2. The van der Waals surface area contributed by atoms with Crippen LogP contribution in [0, 0.1) is 11.8 Å². The number of nitrogens with two attached hydrogens (primary N) is 1. The lowest BCUT2D eigenvalue weighted by Gasteiger charge is -2.33. The van der Waals surface area contributed by atoms with Crippen LogP contribution in [0.15, 0.2) is 18.2 Å². The molecule has 7 heteroatoms. The van der Waals surface area contributed by atoms with E-state index in [1.54, 1.807) is 25.3 Å². The lowest BCUT2D eigenvalue weighted by molar-refractivity contribution is -0.138. The first-order chi connectivity index (χ1) is 11.5. The number of hydrogen-bond acceptors (Lipinski definition) is 4. The van der Waals surface area contributed by atoms with E-state index in [9.17, 15) is 9.59 Å². The molecule has 1 aromatic rings. The third kappa shape index (κ3) is 5.26. The van der Waals surface area contributed by atoms with Gasteiger partial charge in [-0.2, -0.15) is 0 Å². The van der Waals surface area contributed by atoms with E-state index in [1.807, 2.05) is 18.7 Å². The van der Waals surface area contributed by atoms with E-state index in [0.717, 1.165) is 25.8 Å². The van der Waals surface area contributed by atoms with Gasteiger partial charge in [0, 0.05) is 25.1 Å². The Kier molecular flexibility index (Phi) is 8.03. The zero-order valence-corrected chi connectivity index (χ0v) is 15.9. The first kappa shape index (κ1) is 21.1. The Hall–Kier alpha value is -1.95. The van der Waals surface area contributed by atoms with Crippen LogP contribution >= 0.6 is 12.4 Å². The first-order valence-electron chi connectivity index (χ1n) is 8.49. The van der Waals surface area contributed by atoms with E-state index < -0.39 is 0 Å². The van der Waals surface area contributed by atoms with Gasteiger partial charge in [0.15, 0.2) is 0 Å². The molecule has 1 aliphatic heterocycles. The summed E-state index contributed by atoms with van der Waals surface area (Å²) in [5.41, 5.74) is 6.96. The number of halogens is 1. The Balaban J connectivity index is 0.00000312. The first-order valence-corrected chi connectivity index (χ1v) is 8.49. The Morgan fingerprint density at radius 2 is 2.16 bits per heavy atom. The summed E-state index contributed by atoms with van der Waals surface area (Å²) in [5, 5.41) is 2.88. The molecule has 3 N–H and O–H groups in total. The summed E-state index contributed by atoms with van der Waals surface area (Å²) in [5.74, 6) is 0.461. The van der Waals surface area contributed by atoms with Crippen molar-refractivity contribution < 1.29 is 14.3 Å². The molecule has 1 saturated heterocycles. The van der Waals surface area contributed by atoms with Crippen molar-refractivity contribution >= 4 is 35.6 Å². The zero-order chi connectivity index (χ0) is 17.7. The molecule has 1 aliphatic rings. The summed E-state index contributed by atoms with van der Waals surface area (Å²) in [6.45, 7) is 5.14. The molecular formula is C18H28ClN3O3. The molecule has 1 fully saturated rings. The van der Waals surface area contributed by atoms with Gasteiger partial charge < -0.3 is 20.7 Å². The van der Waals surface area contributed by atoms with Crippen LogP contribution in [0.5, 0.6) is 5.75 Å². The average molecular weight is 370 g/mol. The number of methoxy groups -OCH3 is 1. The van der Waals surface area contributed by atoms with Crippen molar-refractivity contribution in [1.82, 2.24) is 4.90 Å². The summed E-state index contributed by atoms with van der Waals surface area (Å²) in [6.07, 6.45) is 2.43. The van der Waals surface area contributed by atoms with E-state index in [4.69, 9.17) is 10.5 Å². The third-order valence-corrected chi connectivity index (χ3v) is 4.66. The number of nitrogens with zero attached hydrogens (tertiary/aromatic N) is 1. The lowest BCUT2D eigenvalue weighted by atomic mass is 9.95. The number of carbonyl (C=O) groups is 2. The predicted molar refractivity (Wildman–Crippen MR) is 102 cm³/mol. The summed E-state index contributed by atoms with van der Waals surface area (Å²) in [4.78, 5) is 26.7. The standard InChI is InChI=1S/C18H27N3O3.ClH/c1-4-12(2)18(23)21-9-5-6-13(11-21)17(22)20-16-10-14(24-3)7-8-15(16)19;/h7-8,10,12-13H,4-6,9,11,19H2,1-3H3,(H,20,22);1H. The maximum absolute atomic E-state index is 12.6. The van der Waals surface area contributed by atoms with Crippen LogP contribution in [0.4, 0.5) is 11.4 Å². The molecule has 0 aromatic heterocycles. The Labute approximate surface area is 155 Å². The minimum atomic E-state index is -0.211. The fraction of sp³-hybridized carbons (Fsp3) is 0.556. The Morgan fingerprint density at radius 1 is 1.44 bits per heavy atom. The number of likely N-dealkylation sites (tertiary alicyclic amines) is 1. The number of nitrogen functional groups attached to an aromatic ring is 1. The number of carbonyl (C=O) groups excluding carboxylic acids is 2. The largest absolute Gasteiger partial charge is 0.497 e. The molecule has 0 spiro atoms. The SMILES string of the molecule is CCC(C)C(=O)N1CCCC(C(=O)Nc2cc(OC)ccc2N)C1.Cl. The van der Waals surface area contributed by atoms with Crippen molar-refractivity contribution in [3.8, 4) is 5.75 Å². The van der Waals surface area contributed by atoms with Crippen molar-refractivity contribution in [1.29, 1.82) is 0 Å². The smallest absolute Gasteiger partial charge is 0.229 e. The number of benzene rings is 1. The lowest BCUT2D eigenvalue weighted by Crippen LogP contribution is -2.45. The van der Waals surface area contributed by atoms with Crippen LogP contribution in [0.25, 0.3) is 0 Å². The number of anilines is 2. The van der Waals surface area contributed by atoms with Gasteiger partial charge >= 0.3 is 0 Å². The van der Waals surface area contributed by atoms with Crippen molar-refractivity contribution in [3.63, 3.8) is 0 Å². The molecule has 1 heterocycles. The molecule has 2 rings (SSSR count). The Bertz CT molecular complexity index is 609. The second-order valence-corrected chi connectivity index (χ2v) is 6.38. The highest BCUT2D eigenvalue weighted by atomic mass is 35.5. The van der Waals surface area contributed by atoms with E-state index in [1.165, 1.54) is 0 Å². The molecule has 0 bridgehead atoms. The molecule has 2 amide bonds. The fourth-order valence-electron chi connectivity index (χ4n) is 2.88. The quantitative estimate of drug-likeness (QED) is 0.781. The van der Waals surface area contributed by atoms with Gasteiger partial charge in [-0.15, -0.1) is 12.4 Å². The van der Waals surface area contributed by atoms with Gasteiger partial charge in [-0.3, -0.25) is 9.59 Å². The topological polar surface area (TPSA) is 84.7 Å². The highest BCUT2D eigenvalue weighted by Gasteiger charge is 2.30. The average Bonchev–Trinajstić information content (AvgIpc) is 2.62. The van der Waals surface area contributed by atoms with Crippen molar-refractivity contribution in [2.75, 3.05) is 31.2 Å². The maximum atomic E-state index is 12.6. The van der Waals surface area contributed by atoms with Gasteiger partial charge in [0.2, 0.25) is 11.8 Å². The van der Waals surface area contributed by atoms with Gasteiger partial charge in [-0.05, 0) is 31.4 Å². The summed E-state index contributed by atoms with van der Waals surface area (Å²) in [7, 11) is 1.57. The van der Waals surface area contributed by atoms with Gasteiger partial charge in [-0.25, -0.2) is 0 Å². The number of amides is 2. The normalized spacial score (nSPS) is 18.0. The van der Waals surface area contributed by atoms with Crippen LogP contribution < -0.4 is 15.8 Å². The van der Waals surface area contributed by atoms with Gasteiger partial charge in [0.1, 0.15) is 5.75 Å². The van der Waals surface area contributed by atoms with E-state index in [0.29, 0.717) is 23.7 Å². The second-order valence-electron chi connectivity index (χ2n) is 6.38. The third-order valence-electron chi connectivity index (χ3n) is 4.66. The predicted octanol–water partition coefficient (Wildman–Crippen LogP) is 2.92. The molecular weight excluding hydrogens is 342 g/mol. The Morgan fingerprint density at radius 3 is 2.80 bits per heavy atom. The monoisotopic (exact) mass is 369 g/mol. The minimum Gasteiger partial charge on any atom is -0.497 e. The highest BCUT2D eigenvalue weighted by molar-refractivity contribution is 5.96.